The first kappa shape index (κ1) is 21.3. The van der Waals surface area contributed by atoms with Crippen molar-refractivity contribution in [3.63, 3.8) is 0 Å². The van der Waals surface area contributed by atoms with Gasteiger partial charge >= 0.3 is 0 Å². The third-order valence-corrected chi connectivity index (χ3v) is 4.18. The van der Waals surface area contributed by atoms with Crippen LogP contribution in [0, 0.1) is 30.8 Å². The Balaban J connectivity index is 0.00000288. The summed E-state index contributed by atoms with van der Waals surface area (Å²) < 4.78 is 10.5. The van der Waals surface area contributed by atoms with Gasteiger partial charge < -0.3 is 14.6 Å². The molecule has 0 amide bonds. The summed E-state index contributed by atoms with van der Waals surface area (Å²) in [7, 11) is 3.27. The molecular weight excluding hydrogens is 381 g/mol. The number of para-hydroxylation sites is 1. The summed E-state index contributed by atoms with van der Waals surface area (Å²) in [6.45, 7) is 0.769. The summed E-state index contributed by atoms with van der Waals surface area (Å²) in [6.07, 6.45) is 2.70. The van der Waals surface area contributed by atoms with Crippen LogP contribution >= 0.6 is 0 Å². The smallest absolute Gasteiger partial charge is 0.139 e. The number of Topliss-reactive ketones (excluding diaryl/α,β-unsaturated/α-hetero) is 1. The molecule has 0 unspecified atom stereocenters. The molecule has 2 atom stereocenters. The predicted molar refractivity (Wildman–Crippen MR) is 87.6 cm³/mol. The van der Waals surface area contributed by atoms with E-state index in [1.54, 1.807) is 0 Å². The Kier molecular flexibility index (Phi) is 10.4. The second-order valence-corrected chi connectivity index (χ2v) is 5.67. The summed E-state index contributed by atoms with van der Waals surface area (Å²) in [5.41, 5.74) is 0.962. The summed E-state index contributed by atoms with van der Waals surface area (Å²) in [5, 5.41) is 9.11. The van der Waals surface area contributed by atoms with Crippen LogP contribution in [0.25, 0.3) is 0 Å². The second-order valence-electron chi connectivity index (χ2n) is 5.67. The zero-order valence-corrected chi connectivity index (χ0v) is 16.7. The van der Waals surface area contributed by atoms with Gasteiger partial charge in [0, 0.05) is 52.2 Å². The van der Waals surface area contributed by atoms with E-state index < -0.39 is 0 Å². The normalized spacial score (nSPS) is 19.3. The van der Waals surface area contributed by atoms with Gasteiger partial charge in [-0.05, 0) is 30.4 Å². The molecule has 24 heavy (non-hydrogen) atoms. The van der Waals surface area contributed by atoms with E-state index in [0.717, 1.165) is 17.7 Å². The largest absolute Gasteiger partial charge is 0.546 e. The first-order valence-electron chi connectivity index (χ1n) is 7.93. The third kappa shape index (κ3) is 6.29. The topological polar surface area (TPSA) is 55.8 Å². The van der Waals surface area contributed by atoms with Gasteiger partial charge in [0.05, 0.1) is 19.1 Å². The molecule has 0 aliphatic heterocycles. The van der Waals surface area contributed by atoms with E-state index in [1.165, 1.54) is 0 Å². The van der Waals surface area contributed by atoms with E-state index in [4.69, 9.17) is 9.84 Å². The van der Waals surface area contributed by atoms with Crippen molar-refractivity contribution in [3.8, 4) is 17.6 Å². The molecule has 1 aliphatic rings. The molecule has 2 rings (SSSR count). The Bertz CT molecular complexity index is 576. The second kappa shape index (κ2) is 11.8. The molecule has 5 heteroatoms. The standard InChI is InChI=1S/C19H23O4.Y/c1-22-13-5-4-6-15-9-10-18(21)17(15)14-23-19-8-3-2-7-16(19)11-12-20;/h2-3,7-8,15,17,20H,1,6,9-14H2;/q-1;/t15-,17+;/m0./s1. The molecule has 0 bridgehead atoms. The molecule has 1 fully saturated rings. The van der Waals surface area contributed by atoms with Crippen molar-refractivity contribution in [1.82, 2.24) is 0 Å². The number of aliphatic hydroxyl groups is 1. The van der Waals surface area contributed by atoms with Crippen molar-refractivity contribution in [1.29, 1.82) is 0 Å². The number of ether oxygens (including phenoxy) is 2. The SMILES string of the molecule is [CH2-]OCC#CC[C@H]1CCC(=O)[C@@H]1COc1ccccc1CCO.[Y]. The van der Waals surface area contributed by atoms with Gasteiger partial charge in [0.25, 0.3) is 0 Å². The van der Waals surface area contributed by atoms with Gasteiger partial charge in [-0.15, -0.1) is 5.92 Å². The minimum atomic E-state index is -0.104. The predicted octanol–water partition coefficient (Wildman–Crippen LogP) is 2.39. The molecular formula is C19H23O4Y-. The van der Waals surface area contributed by atoms with Crippen LogP contribution in [0.4, 0.5) is 0 Å². The zero-order valence-electron chi connectivity index (χ0n) is 13.9. The van der Waals surface area contributed by atoms with Gasteiger partial charge in [-0.2, -0.15) is 0 Å². The van der Waals surface area contributed by atoms with Crippen molar-refractivity contribution in [2.24, 2.45) is 11.8 Å². The summed E-state index contributed by atoms with van der Waals surface area (Å²) >= 11 is 0. The third-order valence-electron chi connectivity index (χ3n) is 4.18. The Morgan fingerprint density at radius 1 is 1.29 bits per heavy atom. The molecule has 1 saturated carbocycles. The number of ketones is 1. The molecule has 127 valence electrons. The minimum Gasteiger partial charge on any atom is -0.546 e. The fourth-order valence-electron chi connectivity index (χ4n) is 2.91. The van der Waals surface area contributed by atoms with Gasteiger partial charge in [-0.25, -0.2) is 7.11 Å². The van der Waals surface area contributed by atoms with E-state index in [-0.39, 0.29) is 56.9 Å². The van der Waals surface area contributed by atoms with E-state index in [2.05, 4.69) is 23.7 Å². The quantitative estimate of drug-likeness (QED) is 0.560. The number of rotatable bonds is 7. The summed E-state index contributed by atoms with van der Waals surface area (Å²) in [5.74, 6) is 7.07. The van der Waals surface area contributed by atoms with Crippen LogP contribution in [-0.2, 0) is 48.7 Å². The van der Waals surface area contributed by atoms with Gasteiger partial charge in [-0.3, -0.25) is 4.79 Å². The van der Waals surface area contributed by atoms with Crippen molar-refractivity contribution in [2.75, 3.05) is 19.8 Å². The Hall–Kier alpha value is -0.726. The average Bonchev–Trinajstić information content (AvgIpc) is 2.91. The molecule has 1 aromatic rings. The van der Waals surface area contributed by atoms with Crippen LogP contribution in [0.15, 0.2) is 24.3 Å². The monoisotopic (exact) mass is 404 g/mol. The maximum Gasteiger partial charge on any atom is 0.139 e. The summed E-state index contributed by atoms with van der Waals surface area (Å²) in [4.78, 5) is 12.1. The van der Waals surface area contributed by atoms with Crippen LogP contribution in [0.3, 0.4) is 0 Å². The molecule has 1 N–H and O–H groups in total. The molecule has 1 aliphatic carbocycles. The van der Waals surface area contributed by atoms with Gasteiger partial charge in [0.15, 0.2) is 0 Å². The maximum absolute atomic E-state index is 12.1. The van der Waals surface area contributed by atoms with Crippen LogP contribution in [0.1, 0.15) is 24.8 Å². The molecule has 0 heterocycles. The first-order valence-corrected chi connectivity index (χ1v) is 7.93. The van der Waals surface area contributed by atoms with Crippen molar-refractivity contribution < 1.29 is 52.1 Å². The van der Waals surface area contributed by atoms with E-state index in [0.29, 0.717) is 32.5 Å². The van der Waals surface area contributed by atoms with E-state index in [9.17, 15) is 4.79 Å². The molecule has 1 radical (unpaired) electrons. The first-order chi connectivity index (χ1) is 11.3. The van der Waals surface area contributed by atoms with Gasteiger partial charge in [-0.1, -0.05) is 24.1 Å². The number of hydrogen-bond acceptors (Lipinski definition) is 4. The van der Waals surface area contributed by atoms with Crippen LogP contribution in [0.2, 0.25) is 0 Å². The number of carbonyl (C=O) groups excluding carboxylic acids is 1. The van der Waals surface area contributed by atoms with Crippen molar-refractivity contribution in [2.45, 2.75) is 25.7 Å². The molecule has 4 nitrogen and oxygen atoms in total. The van der Waals surface area contributed by atoms with Gasteiger partial charge in [0.1, 0.15) is 11.5 Å². The van der Waals surface area contributed by atoms with Crippen molar-refractivity contribution >= 4 is 5.78 Å². The van der Waals surface area contributed by atoms with E-state index >= 15 is 0 Å². The molecule has 1 aromatic carbocycles. The van der Waals surface area contributed by atoms with Crippen LogP contribution in [0.5, 0.6) is 5.75 Å². The Morgan fingerprint density at radius 2 is 2.08 bits per heavy atom. The Morgan fingerprint density at radius 3 is 2.83 bits per heavy atom. The Labute approximate surface area is 169 Å². The molecule has 0 saturated heterocycles. The fraction of sp³-hybridized carbons (Fsp3) is 0.474. The fourth-order valence-corrected chi connectivity index (χ4v) is 2.91. The molecule has 0 aromatic heterocycles. The van der Waals surface area contributed by atoms with Crippen LogP contribution in [-0.4, -0.2) is 30.7 Å². The average molecular weight is 404 g/mol. The maximum atomic E-state index is 12.1. The van der Waals surface area contributed by atoms with E-state index in [1.807, 2.05) is 24.3 Å². The molecule has 0 spiro atoms. The van der Waals surface area contributed by atoms with Crippen LogP contribution < -0.4 is 4.74 Å². The minimum absolute atomic E-state index is 0. The number of carbonyl (C=O) groups is 1. The zero-order chi connectivity index (χ0) is 16.5. The number of aliphatic hydroxyl groups excluding tert-OH is 1. The summed E-state index contributed by atoms with van der Waals surface area (Å²) in [6, 6.07) is 7.63. The van der Waals surface area contributed by atoms with Crippen molar-refractivity contribution in [3.05, 3.63) is 36.9 Å². The number of hydrogen-bond donors (Lipinski definition) is 1. The van der Waals surface area contributed by atoms with Gasteiger partial charge in [0.2, 0.25) is 0 Å². The number of benzene rings is 1.